The molecule has 0 unspecified atom stereocenters. The van der Waals surface area contributed by atoms with Gasteiger partial charge in [-0.15, -0.1) is 0 Å². The fourth-order valence-electron chi connectivity index (χ4n) is 10.2. The van der Waals surface area contributed by atoms with Gasteiger partial charge in [0.2, 0.25) is 0 Å². The van der Waals surface area contributed by atoms with Gasteiger partial charge in [0.05, 0.1) is 33.1 Å². The number of benzene rings is 10. The van der Waals surface area contributed by atoms with Crippen LogP contribution in [-0.4, -0.2) is 13.7 Å². The van der Waals surface area contributed by atoms with E-state index in [9.17, 15) is 0 Å². The Hall–Kier alpha value is -8.40. The quantitative estimate of drug-likeness (QED) is 0.159. The van der Waals surface area contributed by atoms with Gasteiger partial charge in [-0.3, -0.25) is 0 Å². The second kappa shape index (κ2) is 14.1. The fourth-order valence-corrected chi connectivity index (χ4v) is 10.2. The molecule has 0 radical (unpaired) electrons. The zero-order valence-corrected chi connectivity index (χ0v) is 34.4. The summed E-state index contributed by atoms with van der Waals surface area (Å²) in [5.74, 6) is 0. The van der Waals surface area contributed by atoms with E-state index in [1.165, 1.54) is 98.8 Å². The normalized spacial score (nSPS) is 11.8. The lowest BCUT2D eigenvalue weighted by Gasteiger charge is -2.13. The monoisotopic (exact) mass is 801 g/mol. The molecule has 294 valence electrons. The summed E-state index contributed by atoms with van der Waals surface area (Å²) in [6.45, 7) is 0. The van der Waals surface area contributed by atoms with Crippen LogP contribution in [0.2, 0.25) is 0 Å². The average Bonchev–Trinajstić information content (AvgIpc) is 4.00. The molecule has 0 amide bonds. The van der Waals surface area contributed by atoms with E-state index in [1.807, 2.05) is 0 Å². The summed E-state index contributed by atoms with van der Waals surface area (Å²) in [7, 11) is 0. The first-order chi connectivity index (χ1) is 31.3. The van der Waals surface area contributed by atoms with Crippen LogP contribution >= 0.6 is 0 Å². The Morgan fingerprint density at radius 2 is 0.635 bits per heavy atom. The molecule has 0 N–H and O–H groups in total. The summed E-state index contributed by atoms with van der Waals surface area (Å²) in [4.78, 5) is 0. The second-order valence-corrected chi connectivity index (χ2v) is 16.5. The van der Waals surface area contributed by atoms with Crippen LogP contribution in [-0.2, 0) is 0 Å². The van der Waals surface area contributed by atoms with Crippen molar-refractivity contribution in [3.8, 4) is 50.4 Å². The third-order valence-corrected chi connectivity index (χ3v) is 13.0. The minimum Gasteiger partial charge on any atom is -0.309 e. The summed E-state index contributed by atoms with van der Waals surface area (Å²) in [6, 6.07) is 86.3. The van der Waals surface area contributed by atoms with Crippen LogP contribution in [0.5, 0.6) is 0 Å². The van der Waals surface area contributed by atoms with Crippen molar-refractivity contribution in [2.45, 2.75) is 0 Å². The van der Waals surface area contributed by atoms with E-state index in [4.69, 9.17) is 0 Å². The molecule has 0 fully saturated rings. The molecule has 0 aliphatic heterocycles. The maximum Gasteiger partial charge on any atom is 0.0647 e. The molecule has 3 aromatic heterocycles. The SMILES string of the molecule is c1ccc(-c2ccc(-n3c4ccccc4c4ccc(-c5ccc(-c6cc7c(c8ccccc8n7-c7ccccc7)c7c6c6ccccc6n7-c6ccccc6)cc5)cc43)cc2)cc1. The van der Waals surface area contributed by atoms with Gasteiger partial charge in [-0.25, -0.2) is 0 Å². The summed E-state index contributed by atoms with van der Waals surface area (Å²) < 4.78 is 7.34. The number of hydrogen-bond donors (Lipinski definition) is 0. The molecule has 3 heterocycles. The summed E-state index contributed by atoms with van der Waals surface area (Å²) in [6.07, 6.45) is 0. The van der Waals surface area contributed by atoms with Gasteiger partial charge >= 0.3 is 0 Å². The van der Waals surface area contributed by atoms with Crippen LogP contribution in [0.3, 0.4) is 0 Å². The zero-order chi connectivity index (χ0) is 41.4. The van der Waals surface area contributed by atoms with Crippen molar-refractivity contribution >= 4 is 65.4 Å². The van der Waals surface area contributed by atoms with Crippen molar-refractivity contribution in [1.82, 2.24) is 13.7 Å². The van der Waals surface area contributed by atoms with Crippen LogP contribution in [0.25, 0.3) is 116 Å². The molecule has 3 heteroatoms. The summed E-state index contributed by atoms with van der Waals surface area (Å²) in [5, 5.41) is 7.49. The van der Waals surface area contributed by atoms with Crippen LogP contribution in [0.1, 0.15) is 0 Å². The highest BCUT2D eigenvalue weighted by Crippen LogP contribution is 2.47. The van der Waals surface area contributed by atoms with E-state index in [0.29, 0.717) is 0 Å². The molecule has 0 aliphatic carbocycles. The predicted molar refractivity (Wildman–Crippen MR) is 266 cm³/mol. The van der Waals surface area contributed by atoms with E-state index in [-0.39, 0.29) is 0 Å². The maximum absolute atomic E-state index is 2.48. The largest absolute Gasteiger partial charge is 0.309 e. The van der Waals surface area contributed by atoms with Crippen molar-refractivity contribution in [3.05, 3.63) is 237 Å². The molecule has 13 rings (SSSR count). The second-order valence-electron chi connectivity index (χ2n) is 16.5. The molecule has 10 aromatic carbocycles. The molecular formula is C60H39N3. The number of nitrogens with zero attached hydrogens (tertiary/aromatic N) is 3. The fraction of sp³-hybridized carbons (Fsp3) is 0. The van der Waals surface area contributed by atoms with Crippen LogP contribution in [0.4, 0.5) is 0 Å². The Labute approximate surface area is 364 Å². The number of rotatable bonds is 6. The average molecular weight is 802 g/mol. The minimum absolute atomic E-state index is 1.15. The summed E-state index contributed by atoms with van der Waals surface area (Å²) in [5.41, 5.74) is 17.8. The van der Waals surface area contributed by atoms with Gasteiger partial charge in [0.25, 0.3) is 0 Å². The van der Waals surface area contributed by atoms with Crippen LogP contribution in [0, 0.1) is 0 Å². The Kier molecular flexibility index (Phi) is 7.91. The Morgan fingerprint density at radius 3 is 1.30 bits per heavy atom. The molecule has 3 nitrogen and oxygen atoms in total. The van der Waals surface area contributed by atoms with E-state index in [2.05, 4.69) is 250 Å². The van der Waals surface area contributed by atoms with Gasteiger partial charge in [0.15, 0.2) is 0 Å². The predicted octanol–water partition coefficient (Wildman–Crippen LogP) is 16.0. The van der Waals surface area contributed by atoms with Crippen LogP contribution < -0.4 is 0 Å². The smallest absolute Gasteiger partial charge is 0.0647 e. The topological polar surface area (TPSA) is 14.8 Å². The van der Waals surface area contributed by atoms with Gasteiger partial charge in [0.1, 0.15) is 0 Å². The molecule has 0 saturated heterocycles. The molecule has 0 saturated carbocycles. The lowest BCUT2D eigenvalue weighted by molar-refractivity contribution is 1.17. The van der Waals surface area contributed by atoms with E-state index >= 15 is 0 Å². The van der Waals surface area contributed by atoms with Gasteiger partial charge in [-0.1, -0.05) is 170 Å². The standard InChI is InChI=1S/C60H39N3/c1-4-16-40(17-5-1)41-32-35-47(36-33-41)61-53-25-13-10-22-48(53)49-37-34-44(38-56(49)61)42-28-30-43(31-29-42)52-39-57-59(51-24-12-14-26-54(51)62(57)45-18-6-2-7-19-45)60-58(52)50-23-11-15-27-55(50)63(60)46-20-8-3-9-21-46/h1-39H. The highest BCUT2D eigenvalue weighted by molar-refractivity contribution is 6.30. The molecule has 0 spiro atoms. The van der Waals surface area contributed by atoms with Gasteiger partial charge < -0.3 is 13.7 Å². The van der Waals surface area contributed by atoms with Crippen molar-refractivity contribution in [3.63, 3.8) is 0 Å². The molecule has 13 aromatic rings. The van der Waals surface area contributed by atoms with Gasteiger partial charge in [0, 0.05) is 49.4 Å². The Balaban J connectivity index is 1.02. The highest BCUT2D eigenvalue weighted by atomic mass is 15.0. The first-order valence-corrected chi connectivity index (χ1v) is 21.7. The van der Waals surface area contributed by atoms with Gasteiger partial charge in [-0.05, 0) is 100 Å². The van der Waals surface area contributed by atoms with Crippen molar-refractivity contribution in [2.75, 3.05) is 0 Å². The molecular weight excluding hydrogens is 763 g/mol. The van der Waals surface area contributed by atoms with Crippen molar-refractivity contribution in [1.29, 1.82) is 0 Å². The third kappa shape index (κ3) is 5.46. The van der Waals surface area contributed by atoms with E-state index in [0.717, 1.165) is 17.1 Å². The number of para-hydroxylation sites is 5. The van der Waals surface area contributed by atoms with Gasteiger partial charge in [-0.2, -0.15) is 0 Å². The van der Waals surface area contributed by atoms with Crippen molar-refractivity contribution in [2.24, 2.45) is 0 Å². The zero-order valence-electron chi connectivity index (χ0n) is 34.4. The number of aromatic nitrogens is 3. The van der Waals surface area contributed by atoms with E-state index < -0.39 is 0 Å². The summed E-state index contributed by atoms with van der Waals surface area (Å²) >= 11 is 0. The van der Waals surface area contributed by atoms with Crippen molar-refractivity contribution < 1.29 is 0 Å². The van der Waals surface area contributed by atoms with Crippen LogP contribution in [0.15, 0.2) is 237 Å². The Morgan fingerprint density at radius 1 is 0.222 bits per heavy atom. The minimum atomic E-state index is 1.15. The maximum atomic E-state index is 2.48. The Bertz CT molecular complexity index is 3850. The number of fused-ring (bicyclic) bond motifs is 10. The molecule has 0 bridgehead atoms. The molecule has 63 heavy (non-hydrogen) atoms. The number of hydrogen-bond acceptors (Lipinski definition) is 0. The highest BCUT2D eigenvalue weighted by Gasteiger charge is 2.24. The first-order valence-electron chi connectivity index (χ1n) is 21.7. The van der Waals surface area contributed by atoms with E-state index in [1.54, 1.807) is 0 Å². The molecule has 0 atom stereocenters. The lowest BCUT2D eigenvalue weighted by atomic mass is 9.95. The lowest BCUT2D eigenvalue weighted by Crippen LogP contribution is -1.96. The molecule has 0 aliphatic rings. The third-order valence-electron chi connectivity index (χ3n) is 13.0. The first kappa shape index (κ1) is 35.4.